The minimum absolute atomic E-state index is 0.416. The van der Waals surface area contributed by atoms with Gasteiger partial charge in [-0.05, 0) is 20.8 Å². The van der Waals surface area contributed by atoms with Crippen LogP contribution in [0.1, 0.15) is 27.7 Å². The number of nitrogens with zero attached hydrogens (tertiary/aromatic N) is 1. The Morgan fingerprint density at radius 3 is 2.11 bits per heavy atom. The number of rotatable bonds is 4. The van der Waals surface area contributed by atoms with E-state index in [1.807, 2.05) is 0 Å². The van der Waals surface area contributed by atoms with Gasteiger partial charge in [-0.25, -0.2) is 9.59 Å². The molecule has 0 saturated carbocycles. The van der Waals surface area contributed by atoms with Crippen molar-refractivity contribution in [1.29, 1.82) is 0 Å². The summed E-state index contributed by atoms with van der Waals surface area (Å²) in [5.41, 5.74) is -0.726. The fraction of sp³-hybridized carbons (Fsp3) is 0.727. The summed E-state index contributed by atoms with van der Waals surface area (Å²) in [6.07, 6.45) is -0.790. The molecule has 0 aliphatic carbocycles. The lowest BCUT2D eigenvalue weighted by Gasteiger charge is -2.28. The van der Waals surface area contributed by atoms with E-state index >= 15 is 0 Å². The fourth-order valence-corrected chi connectivity index (χ4v) is 1.01. The van der Waals surface area contributed by atoms with Crippen molar-refractivity contribution in [3.8, 4) is 0 Å². The average Bonchev–Trinajstić information content (AvgIpc) is 2.13. The number of aliphatic carboxylic acids is 1. The van der Waals surface area contributed by atoms with E-state index in [0.29, 0.717) is 0 Å². The molecule has 0 fully saturated rings. The molecule has 0 aliphatic rings. The second-order valence-electron chi connectivity index (χ2n) is 4.75. The number of ether oxygens (including phenoxy) is 2. The Morgan fingerprint density at radius 2 is 1.78 bits per heavy atom. The van der Waals surface area contributed by atoms with Crippen LogP contribution in [0, 0.1) is 0 Å². The van der Waals surface area contributed by atoms with Crippen LogP contribution >= 0.6 is 0 Å². The molecular formula is C11H19NO6. The first-order valence-corrected chi connectivity index (χ1v) is 5.36. The van der Waals surface area contributed by atoms with Crippen LogP contribution in [0.4, 0.5) is 4.79 Å². The molecule has 0 unspecified atom stereocenters. The lowest BCUT2D eigenvalue weighted by atomic mass is 10.2. The van der Waals surface area contributed by atoms with Gasteiger partial charge in [-0.1, -0.05) is 0 Å². The summed E-state index contributed by atoms with van der Waals surface area (Å²) in [7, 11) is 1.27. The van der Waals surface area contributed by atoms with Crippen LogP contribution in [-0.2, 0) is 19.1 Å². The predicted molar refractivity (Wildman–Crippen MR) is 62.1 cm³/mol. The number of hydrogen-bond donors (Lipinski definition) is 1. The van der Waals surface area contributed by atoms with Crippen molar-refractivity contribution >= 4 is 18.0 Å². The quantitative estimate of drug-likeness (QED) is 0.755. The number of amides is 1. The van der Waals surface area contributed by atoms with Crippen molar-refractivity contribution in [3.05, 3.63) is 0 Å². The van der Waals surface area contributed by atoms with Gasteiger partial charge in [-0.15, -0.1) is 0 Å². The normalized spacial score (nSPS) is 12.5. The SMILES string of the molecule is CC(=O)OC[C@@H](C(=O)O)N(C)C(=O)OC(C)(C)C. The Kier molecular flexibility index (Phi) is 5.61. The summed E-state index contributed by atoms with van der Waals surface area (Å²) >= 11 is 0. The Labute approximate surface area is 106 Å². The first kappa shape index (κ1) is 16.2. The Morgan fingerprint density at radius 1 is 1.28 bits per heavy atom. The fourth-order valence-electron chi connectivity index (χ4n) is 1.01. The van der Waals surface area contributed by atoms with Gasteiger partial charge in [-0.2, -0.15) is 0 Å². The van der Waals surface area contributed by atoms with Gasteiger partial charge in [0.25, 0.3) is 0 Å². The molecule has 0 spiro atoms. The number of carbonyl (C=O) groups is 3. The van der Waals surface area contributed by atoms with Gasteiger partial charge < -0.3 is 14.6 Å². The average molecular weight is 261 g/mol. The second-order valence-corrected chi connectivity index (χ2v) is 4.75. The van der Waals surface area contributed by atoms with E-state index < -0.39 is 36.3 Å². The molecule has 0 aromatic carbocycles. The van der Waals surface area contributed by atoms with Gasteiger partial charge in [0.15, 0.2) is 6.04 Å². The van der Waals surface area contributed by atoms with Crippen molar-refractivity contribution < 1.29 is 29.0 Å². The van der Waals surface area contributed by atoms with Crippen LogP contribution in [0.2, 0.25) is 0 Å². The van der Waals surface area contributed by atoms with Crippen LogP contribution in [-0.4, -0.2) is 53.3 Å². The molecule has 7 heteroatoms. The zero-order valence-corrected chi connectivity index (χ0v) is 11.2. The van der Waals surface area contributed by atoms with Gasteiger partial charge >= 0.3 is 18.0 Å². The van der Waals surface area contributed by atoms with Gasteiger partial charge in [0.1, 0.15) is 12.2 Å². The van der Waals surface area contributed by atoms with Crippen LogP contribution in [0.15, 0.2) is 0 Å². The maximum Gasteiger partial charge on any atom is 0.410 e. The van der Waals surface area contributed by atoms with Crippen molar-refractivity contribution in [2.24, 2.45) is 0 Å². The number of likely N-dealkylation sites (N-methyl/N-ethyl adjacent to an activating group) is 1. The molecule has 0 rings (SSSR count). The van der Waals surface area contributed by atoms with E-state index in [-0.39, 0.29) is 0 Å². The van der Waals surface area contributed by atoms with Gasteiger partial charge in [0, 0.05) is 14.0 Å². The first-order valence-electron chi connectivity index (χ1n) is 5.36. The number of hydrogen-bond acceptors (Lipinski definition) is 5. The molecule has 0 bridgehead atoms. The molecular weight excluding hydrogens is 242 g/mol. The molecule has 1 amide bonds. The minimum Gasteiger partial charge on any atom is -0.480 e. The highest BCUT2D eigenvalue weighted by atomic mass is 16.6. The third-order valence-electron chi connectivity index (χ3n) is 1.88. The third kappa shape index (κ3) is 6.07. The third-order valence-corrected chi connectivity index (χ3v) is 1.88. The summed E-state index contributed by atoms with van der Waals surface area (Å²) in [6.45, 7) is 5.74. The Hall–Kier alpha value is -1.79. The Bertz CT molecular complexity index is 333. The molecule has 0 heterocycles. The number of carboxylic acid groups (broad SMARTS) is 1. The molecule has 1 atom stereocenters. The number of carbonyl (C=O) groups excluding carboxylic acids is 2. The first-order chi connectivity index (χ1) is 8.04. The maximum atomic E-state index is 11.6. The van der Waals surface area contributed by atoms with Crippen molar-refractivity contribution in [2.75, 3.05) is 13.7 Å². The lowest BCUT2D eigenvalue weighted by Crippen LogP contribution is -2.47. The van der Waals surface area contributed by atoms with E-state index in [1.165, 1.54) is 7.05 Å². The standard InChI is InChI=1S/C11H19NO6/c1-7(13)17-6-8(9(14)15)12(5)10(16)18-11(2,3)4/h8H,6H2,1-5H3,(H,14,15)/t8-/m0/s1. The predicted octanol–water partition coefficient (Wildman–Crippen LogP) is 0.870. The Balaban J connectivity index is 4.65. The van der Waals surface area contributed by atoms with E-state index in [2.05, 4.69) is 4.74 Å². The largest absolute Gasteiger partial charge is 0.480 e. The summed E-state index contributed by atoms with van der Waals surface area (Å²) in [6, 6.07) is -1.27. The van der Waals surface area contributed by atoms with Crippen molar-refractivity contribution in [3.63, 3.8) is 0 Å². The maximum absolute atomic E-state index is 11.6. The van der Waals surface area contributed by atoms with Crippen molar-refractivity contribution in [2.45, 2.75) is 39.3 Å². The van der Waals surface area contributed by atoms with Gasteiger partial charge in [-0.3, -0.25) is 9.69 Å². The summed E-state index contributed by atoms with van der Waals surface area (Å²) < 4.78 is 9.62. The van der Waals surface area contributed by atoms with Crippen LogP contribution < -0.4 is 0 Å². The molecule has 0 aromatic heterocycles. The van der Waals surface area contributed by atoms with Crippen LogP contribution in [0.25, 0.3) is 0 Å². The smallest absolute Gasteiger partial charge is 0.410 e. The molecule has 7 nitrogen and oxygen atoms in total. The molecule has 18 heavy (non-hydrogen) atoms. The van der Waals surface area contributed by atoms with Crippen LogP contribution in [0.3, 0.4) is 0 Å². The van der Waals surface area contributed by atoms with Crippen LogP contribution in [0.5, 0.6) is 0 Å². The van der Waals surface area contributed by atoms with Gasteiger partial charge in [0.05, 0.1) is 0 Å². The number of esters is 1. The zero-order valence-electron chi connectivity index (χ0n) is 11.2. The number of carboxylic acids is 1. The van der Waals surface area contributed by atoms with E-state index in [4.69, 9.17) is 9.84 Å². The zero-order chi connectivity index (χ0) is 14.5. The molecule has 0 aromatic rings. The molecule has 0 radical (unpaired) electrons. The van der Waals surface area contributed by atoms with E-state index in [0.717, 1.165) is 11.8 Å². The van der Waals surface area contributed by atoms with Crippen molar-refractivity contribution in [1.82, 2.24) is 4.90 Å². The van der Waals surface area contributed by atoms with E-state index in [1.54, 1.807) is 20.8 Å². The second kappa shape index (κ2) is 6.23. The summed E-state index contributed by atoms with van der Waals surface area (Å²) in [4.78, 5) is 34.2. The highest BCUT2D eigenvalue weighted by Crippen LogP contribution is 2.11. The monoisotopic (exact) mass is 261 g/mol. The van der Waals surface area contributed by atoms with E-state index in [9.17, 15) is 14.4 Å². The topological polar surface area (TPSA) is 93.1 Å². The summed E-state index contributed by atoms with van der Waals surface area (Å²) in [5, 5.41) is 8.96. The molecule has 1 N–H and O–H groups in total. The molecule has 0 aliphatic heterocycles. The highest BCUT2D eigenvalue weighted by molar-refractivity contribution is 5.80. The minimum atomic E-state index is -1.27. The lowest BCUT2D eigenvalue weighted by molar-refractivity contribution is -0.150. The summed E-state index contributed by atoms with van der Waals surface area (Å²) in [5.74, 6) is -1.89. The molecule has 0 saturated heterocycles. The highest BCUT2D eigenvalue weighted by Gasteiger charge is 2.30. The van der Waals surface area contributed by atoms with Gasteiger partial charge in [0.2, 0.25) is 0 Å². The molecule has 104 valence electrons.